The average Bonchev–Trinajstić information content (AvgIpc) is 3.22. The van der Waals surface area contributed by atoms with E-state index in [0.29, 0.717) is 10.9 Å². The number of hydrogen-bond acceptors (Lipinski definition) is 4. The van der Waals surface area contributed by atoms with Crippen molar-refractivity contribution in [2.75, 3.05) is 5.32 Å². The van der Waals surface area contributed by atoms with Crippen LogP contribution in [-0.2, 0) is 14.1 Å². The Hall–Kier alpha value is -4.52. The second-order valence-electron chi connectivity index (χ2n) is 9.00. The Kier molecular flexibility index (Phi) is 4.51. The van der Waals surface area contributed by atoms with E-state index in [2.05, 4.69) is 9.88 Å². The summed E-state index contributed by atoms with van der Waals surface area (Å²) in [5, 5.41) is 14.3. The number of anilines is 1. The summed E-state index contributed by atoms with van der Waals surface area (Å²) in [6.07, 6.45) is 0. The van der Waals surface area contributed by atoms with E-state index in [1.54, 1.807) is 29.8 Å². The lowest BCUT2D eigenvalue weighted by atomic mass is 9.99. The van der Waals surface area contributed by atoms with E-state index in [9.17, 15) is 14.7 Å². The standard InChI is InChI=1S/C28H24N4O3/c1-16-9-4-5-12-19(16)24-22-25(30(2)28(35)31(3)27(22)34)26-23(17-10-8-11-18(33)15-17)29-20-13-6-7-14-21(20)32(24)26/h4-15,23,29,33H,1-3H3. The monoisotopic (exact) mass is 464 g/mol. The van der Waals surface area contributed by atoms with Gasteiger partial charge in [-0.15, -0.1) is 0 Å². The molecule has 1 unspecified atom stereocenters. The molecule has 1 atom stereocenters. The van der Waals surface area contributed by atoms with E-state index >= 15 is 0 Å². The summed E-state index contributed by atoms with van der Waals surface area (Å²) in [6.45, 7) is 2.02. The first-order valence-corrected chi connectivity index (χ1v) is 11.4. The number of hydrogen-bond donors (Lipinski definition) is 2. The Morgan fingerprint density at radius 3 is 2.40 bits per heavy atom. The van der Waals surface area contributed by atoms with Gasteiger partial charge in [0.25, 0.3) is 5.56 Å². The third-order valence-corrected chi connectivity index (χ3v) is 6.93. The molecule has 6 rings (SSSR count). The molecule has 0 amide bonds. The van der Waals surface area contributed by atoms with E-state index in [0.717, 1.165) is 39.5 Å². The van der Waals surface area contributed by atoms with Gasteiger partial charge >= 0.3 is 5.69 Å². The largest absolute Gasteiger partial charge is 0.508 e. The predicted octanol–water partition coefficient (Wildman–Crippen LogP) is 4.22. The normalized spacial score (nSPS) is 14.4. The zero-order chi connectivity index (χ0) is 24.4. The second-order valence-corrected chi connectivity index (χ2v) is 9.00. The molecule has 0 radical (unpaired) electrons. The van der Waals surface area contributed by atoms with Gasteiger partial charge < -0.3 is 15.0 Å². The zero-order valence-electron chi connectivity index (χ0n) is 19.6. The fourth-order valence-electron chi connectivity index (χ4n) is 5.27. The van der Waals surface area contributed by atoms with Crippen LogP contribution in [0, 0.1) is 6.92 Å². The van der Waals surface area contributed by atoms with Gasteiger partial charge in [0.1, 0.15) is 5.75 Å². The number of aromatic nitrogens is 3. The Balaban J connectivity index is 1.89. The number of phenols is 1. The van der Waals surface area contributed by atoms with Crippen molar-refractivity contribution in [3.05, 3.63) is 110 Å². The Labute approximate surface area is 201 Å². The van der Waals surface area contributed by atoms with Gasteiger partial charge in [-0.3, -0.25) is 13.9 Å². The third-order valence-electron chi connectivity index (χ3n) is 6.93. The number of rotatable bonds is 2. The van der Waals surface area contributed by atoms with Gasteiger partial charge in [-0.1, -0.05) is 48.5 Å². The van der Waals surface area contributed by atoms with E-state index in [-0.39, 0.29) is 17.0 Å². The zero-order valence-corrected chi connectivity index (χ0v) is 19.6. The van der Waals surface area contributed by atoms with Crippen LogP contribution in [0.1, 0.15) is 22.9 Å². The SMILES string of the molecule is Cc1ccccc1-c1c2c(=O)n(C)c(=O)n(C)c2c2n1-c1ccccc1NC2c1cccc(O)c1. The molecule has 0 bridgehead atoms. The molecule has 2 N–H and O–H groups in total. The molecule has 7 heteroatoms. The number of aromatic hydroxyl groups is 1. The van der Waals surface area contributed by atoms with E-state index in [1.807, 2.05) is 61.5 Å². The van der Waals surface area contributed by atoms with Crippen molar-refractivity contribution < 1.29 is 5.11 Å². The van der Waals surface area contributed by atoms with E-state index < -0.39 is 6.04 Å². The van der Waals surface area contributed by atoms with Crippen LogP contribution in [0.4, 0.5) is 5.69 Å². The Morgan fingerprint density at radius 1 is 0.886 bits per heavy atom. The van der Waals surface area contributed by atoms with Crippen LogP contribution in [0.15, 0.2) is 82.4 Å². The van der Waals surface area contributed by atoms with Gasteiger partial charge in [-0.05, 0) is 42.3 Å². The topological polar surface area (TPSA) is 81.2 Å². The van der Waals surface area contributed by atoms with Gasteiger partial charge in [0.05, 0.1) is 39.7 Å². The molecule has 3 aromatic carbocycles. The highest BCUT2D eigenvalue weighted by atomic mass is 16.3. The summed E-state index contributed by atoms with van der Waals surface area (Å²) < 4.78 is 4.82. The number of para-hydroxylation sites is 2. The van der Waals surface area contributed by atoms with Crippen LogP contribution in [0.25, 0.3) is 27.8 Å². The molecule has 1 aliphatic rings. The summed E-state index contributed by atoms with van der Waals surface area (Å²) in [5.41, 5.74) is 5.94. The number of benzene rings is 3. The number of nitrogens with one attached hydrogen (secondary N) is 1. The maximum Gasteiger partial charge on any atom is 0.331 e. The van der Waals surface area contributed by atoms with Crippen LogP contribution >= 0.6 is 0 Å². The molecule has 1 aliphatic heterocycles. The Bertz CT molecular complexity index is 1770. The van der Waals surface area contributed by atoms with Crippen LogP contribution in [0.2, 0.25) is 0 Å². The van der Waals surface area contributed by atoms with Crippen LogP contribution in [-0.4, -0.2) is 18.8 Å². The van der Waals surface area contributed by atoms with E-state index in [4.69, 9.17) is 0 Å². The van der Waals surface area contributed by atoms with Crippen molar-refractivity contribution in [3.8, 4) is 22.7 Å². The molecule has 0 aliphatic carbocycles. The third kappa shape index (κ3) is 2.91. The summed E-state index contributed by atoms with van der Waals surface area (Å²) >= 11 is 0. The highest BCUT2D eigenvalue weighted by Crippen LogP contribution is 2.46. The minimum absolute atomic E-state index is 0.148. The minimum Gasteiger partial charge on any atom is -0.508 e. The molecular weight excluding hydrogens is 440 g/mol. The van der Waals surface area contributed by atoms with Crippen molar-refractivity contribution >= 4 is 16.6 Å². The van der Waals surface area contributed by atoms with Crippen molar-refractivity contribution in [2.24, 2.45) is 14.1 Å². The molecule has 2 aromatic heterocycles. The fraction of sp³-hybridized carbons (Fsp3) is 0.143. The van der Waals surface area contributed by atoms with Crippen molar-refractivity contribution in [1.82, 2.24) is 13.7 Å². The molecule has 0 fully saturated rings. The lowest BCUT2D eigenvalue weighted by Crippen LogP contribution is -2.37. The first-order chi connectivity index (χ1) is 16.9. The highest BCUT2D eigenvalue weighted by molar-refractivity contribution is 5.99. The summed E-state index contributed by atoms with van der Waals surface area (Å²) in [7, 11) is 3.22. The summed E-state index contributed by atoms with van der Waals surface area (Å²) in [4.78, 5) is 26.8. The molecular formula is C28H24N4O3. The molecule has 0 saturated heterocycles. The van der Waals surface area contributed by atoms with Crippen LogP contribution in [0.3, 0.4) is 0 Å². The average molecular weight is 465 g/mol. The molecule has 174 valence electrons. The van der Waals surface area contributed by atoms with Gasteiger partial charge in [0.15, 0.2) is 0 Å². The molecule has 35 heavy (non-hydrogen) atoms. The van der Waals surface area contributed by atoms with E-state index in [1.165, 1.54) is 11.6 Å². The molecule has 7 nitrogen and oxygen atoms in total. The van der Waals surface area contributed by atoms with Gasteiger partial charge in [0, 0.05) is 19.7 Å². The minimum atomic E-state index is -0.407. The Morgan fingerprint density at radius 2 is 1.63 bits per heavy atom. The fourth-order valence-corrected chi connectivity index (χ4v) is 5.27. The van der Waals surface area contributed by atoms with Gasteiger partial charge in [-0.2, -0.15) is 0 Å². The highest BCUT2D eigenvalue weighted by Gasteiger charge is 2.35. The summed E-state index contributed by atoms with van der Waals surface area (Å²) in [6, 6.07) is 22.5. The number of phenolic OH excluding ortho intramolecular Hbond substituents is 1. The van der Waals surface area contributed by atoms with Gasteiger partial charge in [-0.25, -0.2) is 4.79 Å². The maximum absolute atomic E-state index is 13.7. The predicted molar refractivity (Wildman–Crippen MR) is 138 cm³/mol. The lowest BCUT2D eigenvalue weighted by Gasteiger charge is -2.31. The smallest absolute Gasteiger partial charge is 0.331 e. The molecule has 3 heterocycles. The maximum atomic E-state index is 13.7. The number of aryl methyl sites for hydroxylation is 2. The van der Waals surface area contributed by atoms with Gasteiger partial charge in [0.2, 0.25) is 0 Å². The van der Waals surface area contributed by atoms with Crippen LogP contribution in [0.5, 0.6) is 5.75 Å². The van der Waals surface area contributed by atoms with Crippen molar-refractivity contribution in [1.29, 1.82) is 0 Å². The van der Waals surface area contributed by atoms with Crippen molar-refractivity contribution in [2.45, 2.75) is 13.0 Å². The second kappa shape index (κ2) is 7.50. The quantitative estimate of drug-likeness (QED) is 0.410. The molecule has 0 spiro atoms. The number of nitrogens with zero attached hydrogens (tertiary/aromatic N) is 3. The molecule has 5 aromatic rings. The van der Waals surface area contributed by atoms with Crippen molar-refractivity contribution in [3.63, 3.8) is 0 Å². The molecule has 0 saturated carbocycles. The first kappa shape index (κ1) is 21.0. The first-order valence-electron chi connectivity index (χ1n) is 11.4. The summed E-state index contributed by atoms with van der Waals surface area (Å²) in [5.74, 6) is 0.148. The lowest BCUT2D eigenvalue weighted by molar-refractivity contribution is 0.474. The number of fused-ring (bicyclic) bond motifs is 5. The van der Waals surface area contributed by atoms with Crippen LogP contribution < -0.4 is 16.6 Å².